The van der Waals surface area contributed by atoms with Gasteiger partial charge in [-0.05, 0) is 48.1 Å². The second-order valence-electron chi connectivity index (χ2n) is 7.71. The van der Waals surface area contributed by atoms with Crippen molar-refractivity contribution in [1.82, 2.24) is 0 Å². The number of rotatable bonds is 3. The van der Waals surface area contributed by atoms with Gasteiger partial charge in [-0.15, -0.1) is 0 Å². The average molecular weight is 335 g/mol. The molecule has 0 saturated carbocycles. The minimum Gasteiger partial charge on any atom is -0.464 e. The average Bonchev–Trinajstić information content (AvgIpc) is 2.92. The number of nitrogens with one attached hydrogen (secondary N) is 1. The first-order valence-corrected chi connectivity index (χ1v) is 8.62. The van der Waals surface area contributed by atoms with E-state index in [1.807, 2.05) is 38.1 Å². The Morgan fingerprint density at radius 3 is 2.40 bits per heavy atom. The van der Waals surface area contributed by atoms with Crippen LogP contribution in [0.2, 0.25) is 0 Å². The summed E-state index contributed by atoms with van der Waals surface area (Å²) in [4.78, 5) is 12.6. The first-order valence-electron chi connectivity index (χ1n) is 8.62. The molecule has 3 nitrogen and oxygen atoms in total. The first-order chi connectivity index (χ1) is 11.8. The van der Waals surface area contributed by atoms with Crippen LogP contribution in [0.3, 0.4) is 0 Å². The van der Waals surface area contributed by atoms with Gasteiger partial charge in [-0.25, -0.2) is 0 Å². The fourth-order valence-electron chi connectivity index (χ4n) is 3.05. The van der Waals surface area contributed by atoms with E-state index < -0.39 is 0 Å². The highest BCUT2D eigenvalue weighted by atomic mass is 16.3. The van der Waals surface area contributed by atoms with Crippen LogP contribution < -0.4 is 5.32 Å². The summed E-state index contributed by atoms with van der Waals surface area (Å²) in [5.74, 6) is -0.0266. The summed E-state index contributed by atoms with van der Waals surface area (Å²) in [7, 11) is 0. The number of para-hydroxylation sites is 1. The van der Waals surface area contributed by atoms with Crippen molar-refractivity contribution in [3.8, 4) is 0 Å². The molecule has 25 heavy (non-hydrogen) atoms. The number of aryl methyl sites for hydroxylation is 2. The molecule has 0 bridgehead atoms. The standard InChI is InChI=1S/C22H25NO2/c1-14-7-6-8-15(2)21(14)23-20(24)11-16-13-25-19-10-9-17(12-18(16)19)22(3,4)5/h6-10,12-13H,11H2,1-5H3,(H,23,24). The highest BCUT2D eigenvalue weighted by Crippen LogP contribution is 2.29. The van der Waals surface area contributed by atoms with Crippen molar-refractivity contribution in [3.05, 3.63) is 64.9 Å². The van der Waals surface area contributed by atoms with Crippen LogP contribution in [-0.2, 0) is 16.6 Å². The molecular weight excluding hydrogens is 310 g/mol. The number of hydrogen-bond donors (Lipinski definition) is 1. The Balaban J connectivity index is 1.86. The number of furan rings is 1. The summed E-state index contributed by atoms with van der Waals surface area (Å²) in [6.45, 7) is 10.6. The first kappa shape index (κ1) is 17.3. The molecule has 0 unspecified atom stereocenters. The normalized spacial score (nSPS) is 11.7. The molecule has 1 N–H and O–H groups in total. The van der Waals surface area contributed by atoms with Gasteiger partial charge in [0.05, 0.1) is 12.7 Å². The van der Waals surface area contributed by atoms with Crippen molar-refractivity contribution in [3.63, 3.8) is 0 Å². The number of fused-ring (bicyclic) bond motifs is 1. The zero-order valence-electron chi connectivity index (χ0n) is 15.6. The Morgan fingerprint density at radius 2 is 1.76 bits per heavy atom. The highest BCUT2D eigenvalue weighted by Gasteiger charge is 2.17. The quantitative estimate of drug-likeness (QED) is 0.684. The lowest BCUT2D eigenvalue weighted by Crippen LogP contribution is -2.16. The van der Waals surface area contributed by atoms with E-state index in [9.17, 15) is 4.79 Å². The van der Waals surface area contributed by atoms with Gasteiger partial charge in [0.1, 0.15) is 5.58 Å². The van der Waals surface area contributed by atoms with E-state index in [4.69, 9.17) is 4.42 Å². The summed E-state index contributed by atoms with van der Waals surface area (Å²) >= 11 is 0. The van der Waals surface area contributed by atoms with Crippen LogP contribution >= 0.6 is 0 Å². The molecule has 0 radical (unpaired) electrons. The molecule has 0 aliphatic heterocycles. The third kappa shape index (κ3) is 3.60. The molecule has 3 heteroatoms. The zero-order valence-corrected chi connectivity index (χ0v) is 15.6. The highest BCUT2D eigenvalue weighted by molar-refractivity contribution is 5.96. The zero-order chi connectivity index (χ0) is 18.2. The van der Waals surface area contributed by atoms with E-state index in [-0.39, 0.29) is 11.3 Å². The second-order valence-corrected chi connectivity index (χ2v) is 7.71. The van der Waals surface area contributed by atoms with Crippen molar-refractivity contribution in [2.45, 2.75) is 46.5 Å². The summed E-state index contributed by atoms with van der Waals surface area (Å²) < 4.78 is 5.64. The maximum absolute atomic E-state index is 12.6. The van der Waals surface area contributed by atoms with Crippen LogP contribution in [0.5, 0.6) is 0 Å². The summed E-state index contributed by atoms with van der Waals surface area (Å²) in [6.07, 6.45) is 2.00. The Labute approximate surface area is 149 Å². The molecule has 2 aromatic carbocycles. The number of amides is 1. The summed E-state index contributed by atoms with van der Waals surface area (Å²) in [5.41, 5.74) is 6.07. The monoisotopic (exact) mass is 335 g/mol. The molecule has 0 fully saturated rings. The Kier molecular flexibility index (Phi) is 4.42. The van der Waals surface area contributed by atoms with Crippen LogP contribution in [0.1, 0.15) is 43.0 Å². The van der Waals surface area contributed by atoms with Gasteiger partial charge in [-0.1, -0.05) is 45.0 Å². The van der Waals surface area contributed by atoms with Crippen LogP contribution in [-0.4, -0.2) is 5.91 Å². The number of hydrogen-bond acceptors (Lipinski definition) is 2. The smallest absolute Gasteiger partial charge is 0.228 e. The van der Waals surface area contributed by atoms with Crippen LogP contribution in [0.25, 0.3) is 11.0 Å². The molecule has 0 aliphatic rings. The fraction of sp³-hybridized carbons (Fsp3) is 0.318. The lowest BCUT2D eigenvalue weighted by molar-refractivity contribution is -0.115. The van der Waals surface area contributed by atoms with Gasteiger partial charge in [0, 0.05) is 16.6 Å². The van der Waals surface area contributed by atoms with Crippen molar-refractivity contribution in [1.29, 1.82) is 0 Å². The molecule has 0 aliphatic carbocycles. The number of benzene rings is 2. The van der Waals surface area contributed by atoms with Gasteiger partial charge >= 0.3 is 0 Å². The molecule has 1 amide bonds. The lowest BCUT2D eigenvalue weighted by atomic mass is 9.86. The maximum Gasteiger partial charge on any atom is 0.228 e. The molecule has 0 saturated heterocycles. The van der Waals surface area contributed by atoms with E-state index >= 15 is 0 Å². The van der Waals surface area contributed by atoms with E-state index in [1.54, 1.807) is 6.26 Å². The summed E-state index contributed by atoms with van der Waals surface area (Å²) in [6, 6.07) is 12.2. The Morgan fingerprint density at radius 1 is 1.08 bits per heavy atom. The molecule has 0 atom stereocenters. The third-order valence-electron chi connectivity index (χ3n) is 4.62. The minimum absolute atomic E-state index is 0.0266. The minimum atomic E-state index is -0.0266. The second kappa shape index (κ2) is 6.40. The molecular formula is C22H25NO2. The molecule has 3 aromatic rings. The van der Waals surface area contributed by atoms with E-state index in [0.717, 1.165) is 33.3 Å². The van der Waals surface area contributed by atoms with E-state index in [1.165, 1.54) is 5.56 Å². The van der Waals surface area contributed by atoms with Crippen molar-refractivity contribution >= 4 is 22.6 Å². The van der Waals surface area contributed by atoms with Crippen molar-refractivity contribution in [2.24, 2.45) is 0 Å². The van der Waals surface area contributed by atoms with Crippen LogP contribution in [0, 0.1) is 13.8 Å². The SMILES string of the molecule is Cc1cccc(C)c1NC(=O)Cc1coc2ccc(C(C)(C)C)cc12. The maximum atomic E-state index is 12.6. The van der Waals surface area contributed by atoms with E-state index in [2.05, 4.69) is 38.2 Å². The molecule has 1 aromatic heterocycles. The Hall–Kier alpha value is -2.55. The summed E-state index contributed by atoms with van der Waals surface area (Å²) in [5, 5.41) is 4.06. The van der Waals surface area contributed by atoms with Gasteiger partial charge in [0.15, 0.2) is 0 Å². The predicted molar refractivity (Wildman–Crippen MR) is 103 cm³/mol. The molecule has 130 valence electrons. The molecule has 3 rings (SSSR count). The van der Waals surface area contributed by atoms with Crippen molar-refractivity contribution < 1.29 is 9.21 Å². The van der Waals surface area contributed by atoms with Crippen LogP contribution in [0.4, 0.5) is 5.69 Å². The third-order valence-corrected chi connectivity index (χ3v) is 4.62. The number of anilines is 1. The van der Waals surface area contributed by atoms with Gasteiger partial charge in [-0.2, -0.15) is 0 Å². The van der Waals surface area contributed by atoms with Crippen LogP contribution in [0.15, 0.2) is 47.1 Å². The Bertz CT molecular complexity index is 909. The topological polar surface area (TPSA) is 42.2 Å². The number of carbonyl (C=O) groups is 1. The van der Waals surface area contributed by atoms with E-state index in [0.29, 0.717) is 6.42 Å². The largest absolute Gasteiger partial charge is 0.464 e. The van der Waals surface area contributed by atoms with Gasteiger partial charge in [-0.3, -0.25) is 4.79 Å². The van der Waals surface area contributed by atoms with Gasteiger partial charge in [0.25, 0.3) is 0 Å². The molecule has 1 heterocycles. The van der Waals surface area contributed by atoms with Crippen molar-refractivity contribution in [2.75, 3.05) is 5.32 Å². The predicted octanol–water partition coefficient (Wildman–Crippen LogP) is 5.53. The van der Waals surface area contributed by atoms with Gasteiger partial charge < -0.3 is 9.73 Å². The fourth-order valence-corrected chi connectivity index (χ4v) is 3.05. The number of carbonyl (C=O) groups excluding carboxylic acids is 1. The lowest BCUT2D eigenvalue weighted by Gasteiger charge is -2.18. The molecule has 0 spiro atoms. The van der Waals surface area contributed by atoms with Gasteiger partial charge in [0.2, 0.25) is 5.91 Å².